The lowest BCUT2D eigenvalue weighted by Crippen LogP contribution is -2.58. The van der Waals surface area contributed by atoms with E-state index < -0.39 is 0 Å². The molecule has 5 heteroatoms. The molecule has 1 aromatic carbocycles. The Balaban J connectivity index is 1.51. The first kappa shape index (κ1) is 20.8. The van der Waals surface area contributed by atoms with Crippen molar-refractivity contribution in [1.82, 2.24) is 15.1 Å². The molecule has 1 saturated carbocycles. The molecule has 2 aliphatic rings. The number of piperazine rings is 1. The molecule has 0 spiro atoms. The standard InChI is InChI=1S/C23H35N3O2/c1-2-14-24-23(28)22(20-10-6-7-11-20)26-17-15-25(16-18-26)21(27)13-12-19-8-4-3-5-9-19/h3-5,8-9,20,22H,2,6-7,10-18H2,1H3,(H,24,28). The van der Waals surface area contributed by atoms with Crippen LogP contribution in [0.2, 0.25) is 0 Å². The van der Waals surface area contributed by atoms with Crippen LogP contribution in [-0.4, -0.2) is 60.4 Å². The van der Waals surface area contributed by atoms with Gasteiger partial charge in [0.15, 0.2) is 0 Å². The van der Waals surface area contributed by atoms with Crippen molar-refractivity contribution in [3.63, 3.8) is 0 Å². The van der Waals surface area contributed by atoms with Gasteiger partial charge in [-0.2, -0.15) is 0 Å². The SMILES string of the molecule is CCCNC(=O)C(C1CCCC1)N1CCN(C(=O)CCc2ccccc2)CC1. The first-order valence-corrected chi connectivity index (χ1v) is 11.0. The maximum absolute atomic E-state index is 12.8. The maximum atomic E-state index is 12.8. The van der Waals surface area contributed by atoms with E-state index in [0.29, 0.717) is 12.3 Å². The van der Waals surface area contributed by atoms with Crippen molar-refractivity contribution >= 4 is 11.8 Å². The molecule has 2 amide bonds. The minimum atomic E-state index is -0.0179. The van der Waals surface area contributed by atoms with E-state index in [1.54, 1.807) is 0 Å². The Morgan fingerprint density at radius 2 is 1.75 bits per heavy atom. The van der Waals surface area contributed by atoms with Gasteiger partial charge in [0, 0.05) is 39.1 Å². The highest BCUT2D eigenvalue weighted by Gasteiger charge is 2.37. The van der Waals surface area contributed by atoms with Gasteiger partial charge in [-0.05, 0) is 37.2 Å². The second-order valence-electron chi connectivity index (χ2n) is 8.18. The first-order chi connectivity index (χ1) is 13.7. The van der Waals surface area contributed by atoms with Crippen LogP contribution in [0.1, 0.15) is 51.0 Å². The second kappa shape index (κ2) is 10.6. The Morgan fingerprint density at radius 3 is 2.39 bits per heavy atom. The molecule has 1 N–H and O–H groups in total. The third-order valence-electron chi connectivity index (χ3n) is 6.19. The van der Waals surface area contributed by atoms with Gasteiger partial charge in [-0.1, -0.05) is 50.1 Å². The van der Waals surface area contributed by atoms with Crippen molar-refractivity contribution in [2.24, 2.45) is 5.92 Å². The Kier molecular flexibility index (Phi) is 7.90. The lowest BCUT2D eigenvalue weighted by atomic mass is 9.95. The molecule has 1 aliphatic carbocycles. The minimum Gasteiger partial charge on any atom is -0.355 e. The highest BCUT2D eigenvalue weighted by Crippen LogP contribution is 2.31. The van der Waals surface area contributed by atoms with E-state index in [0.717, 1.165) is 58.4 Å². The summed E-state index contributed by atoms with van der Waals surface area (Å²) in [6, 6.07) is 10.2. The van der Waals surface area contributed by atoms with Gasteiger partial charge in [-0.3, -0.25) is 14.5 Å². The molecule has 0 aromatic heterocycles. The van der Waals surface area contributed by atoms with Gasteiger partial charge in [-0.25, -0.2) is 0 Å². The van der Waals surface area contributed by atoms with Crippen LogP contribution in [-0.2, 0) is 16.0 Å². The predicted molar refractivity (Wildman–Crippen MR) is 112 cm³/mol. The summed E-state index contributed by atoms with van der Waals surface area (Å²) in [5.74, 6) is 0.895. The number of hydrogen-bond acceptors (Lipinski definition) is 3. The van der Waals surface area contributed by atoms with E-state index in [2.05, 4.69) is 29.3 Å². The lowest BCUT2D eigenvalue weighted by Gasteiger charge is -2.40. The molecule has 1 aromatic rings. The molecular weight excluding hydrogens is 350 g/mol. The second-order valence-corrected chi connectivity index (χ2v) is 8.18. The average Bonchev–Trinajstić information content (AvgIpc) is 3.26. The molecule has 3 rings (SSSR count). The quantitative estimate of drug-likeness (QED) is 0.749. The van der Waals surface area contributed by atoms with E-state index in [-0.39, 0.29) is 17.9 Å². The summed E-state index contributed by atoms with van der Waals surface area (Å²) >= 11 is 0. The normalized spacial score (nSPS) is 19.5. The molecule has 1 unspecified atom stereocenters. The van der Waals surface area contributed by atoms with E-state index in [9.17, 15) is 9.59 Å². The van der Waals surface area contributed by atoms with Crippen LogP contribution >= 0.6 is 0 Å². The first-order valence-electron chi connectivity index (χ1n) is 11.0. The Bertz CT molecular complexity index is 620. The van der Waals surface area contributed by atoms with Crippen LogP contribution < -0.4 is 5.32 Å². The zero-order chi connectivity index (χ0) is 19.8. The summed E-state index contributed by atoms with van der Waals surface area (Å²) in [5.41, 5.74) is 1.21. The molecule has 1 saturated heterocycles. The molecule has 1 heterocycles. The third-order valence-corrected chi connectivity index (χ3v) is 6.19. The van der Waals surface area contributed by atoms with Crippen molar-refractivity contribution in [3.8, 4) is 0 Å². The van der Waals surface area contributed by atoms with Gasteiger partial charge < -0.3 is 10.2 Å². The zero-order valence-electron chi connectivity index (χ0n) is 17.2. The fourth-order valence-electron chi connectivity index (χ4n) is 4.61. The van der Waals surface area contributed by atoms with E-state index in [4.69, 9.17) is 0 Å². The summed E-state index contributed by atoms with van der Waals surface area (Å²) < 4.78 is 0. The largest absolute Gasteiger partial charge is 0.355 e. The highest BCUT2D eigenvalue weighted by molar-refractivity contribution is 5.82. The van der Waals surface area contributed by atoms with Gasteiger partial charge in [0.1, 0.15) is 0 Å². The van der Waals surface area contributed by atoms with Crippen molar-refractivity contribution in [3.05, 3.63) is 35.9 Å². The van der Waals surface area contributed by atoms with Crippen LogP contribution in [0, 0.1) is 5.92 Å². The van der Waals surface area contributed by atoms with Crippen molar-refractivity contribution in [1.29, 1.82) is 0 Å². The molecule has 0 bridgehead atoms. The molecule has 1 aliphatic heterocycles. The van der Waals surface area contributed by atoms with E-state index in [1.165, 1.54) is 18.4 Å². The Hall–Kier alpha value is -1.88. The molecule has 5 nitrogen and oxygen atoms in total. The lowest BCUT2D eigenvalue weighted by molar-refractivity contribution is -0.135. The number of carbonyl (C=O) groups is 2. The van der Waals surface area contributed by atoms with Gasteiger partial charge >= 0.3 is 0 Å². The smallest absolute Gasteiger partial charge is 0.237 e. The fraction of sp³-hybridized carbons (Fsp3) is 0.652. The number of benzene rings is 1. The summed E-state index contributed by atoms with van der Waals surface area (Å²) in [6.45, 7) is 5.91. The van der Waals surface area contributed by atoms with Gasteiger partial charge in [0.2, 0.25) is 11.8 Å². The Morgan fingerprint density at radius 1 is 1.07 bits per heavy atom. The molecule has 0 radical (unpaired) electrons. The molecular formula is C23H35N3O2. The topological polar surface area (TPSA) is 52.7 Å². The monoisotopic (exact) mass is 385 g/mol. The molecule has 2 fully saturated rings. The number of amides is 2. The summed E-state index contributed by atoms with van der Waals surface area (Å²) in [5, 5.41) is 3.12. The van der Waals surface area contributed by atoms with Crippen molar-refractivity contribution in [2.75, 3.05) is 32.7 Å². The zero-order valence-corrected chi connectivity index (χ0v) is 17.2. The average molecular weight is 386 g/mol. The van der Waals surface area contributed by atoms with Crippen LogP contribution in [0.25, 0.3) is 0 Å². The number of carbonyl (C=O) groups excluding carboxylic acids is 2. The van der Waals surface area contributed by atoms with Crippen LogP contribution in [0.15, 0.2) is 30.3 Å². The minimum absolute atomic E-state index is 0.0179. The van der Waals surface area contributed by atoms with Gasteiger partial charge in [-0.15, -0.1) is 0 Å². The van der Waals surface area contributed by atoms with Crippen molar-refractivity contribution < 1.29 is 9.59 Å². The van der Waals surface area contributed by atoms with Crippen LogP contribution in [0.3, 0.4) is 0 Å². The number of hydrogen-bond donors (Lipinski definition) is 1. The van der Waals surface area contributed by atoms with E-state index in [1.807, 2.05) is 23.1 Å². The Labute approximate surface area is 169 Å². The number of rotatable bonds is 8. The van der Waals surface area contributed by atoms with Crippen molar-refractivity contribution in [2.45, 2.75) is 57.9 Å². The van der Waals surface area contributed by atoms with Crippen LogP contribution in [0.5, 0.6) is 0 Å². The summed E-state index contributed by atoms with van der Waals surface area (Å²) in [6.07, 6.45) is 7.10. The van der Waals surface area contributed by atoms with Gasteiger partial charge in [0.25, 0.3) is 0 Å². The maximum Gasteiger partial charge on any atom is 0.237 e. The predicted octanol–water partition coefficient (Wildman–Crippen LogP) is 2.85. The molecule has 1 atom stereocenters. The fourth-order valence-corrected chi connectivity index (χ4v) is 4.61. The highest BCUT2D eigenvalue weighted by atomic mass is 16.2. The van der Waals surface area contributed by atoms with Gasteiger partial charge in [0.05, 0.1) is 6.04 Å². The third kappa shape index (κ3) is 5.57. The number of nitrogens with one attached hydrogen (secondary N) is 1. The summed E-state index contributed by atoms with van der Waals surface area (Å²) in [4.78, 5) is 29.8. The number of aryl methyl sites for hydroxylation is 1. The summed E-state index contributed by atoms with van der Waals surface area (Å²) in [7, 11) is 0. The van der Waals surface area contributed by atoms with E-state index >= 15 is 0 Å². The van der Waals surface area contributed by atoms with Crippen LogP contribution in [0.4, 0.5) is 0 Å². The molecule has 154 valence electrons. The number of nitrogens with zero attached hydrogens (tertiary/aromatic N) is 2. The molecule has 28 heavy (non-hydrogen) atoms.